The number of hydrogen-bond acceptors (Lipinski definition) is 7. The minimum Gasteiger partial charge on any atom is -0.457 e. The highest BCUT2D eigenvalue weighted by Gasteiger charge is 2.32. The van der Waals surface area contributed by atoms with Gasteiger partial charge in [-0.15, -0.1) is 0 Å². The number of furan rings is 1. The van der Waals surface area contributed by atoms with Crippen LogP contribution in [0.2, 0.25) is 5.02 Å². The van der Waals surface area contributed by atoms with E-state index in [1.165, 1.54) is 28.0 Å². The van der Waals surface area contributed by atoms with Crippen LogP contribution in [0.15, 0.2) is 110 Å². The molecule has 1 aliphatic rings. The summed E-state index contributed by atoms with van der Waals surface area (Å²) in [6, 6.07) is 23.3. The highest BCUT2D eigenvalue weighted by atomic mass is 35.5. The molecule has 2 aromatic heterocycles. The number of non-ortho nitro benzene ring substituents is 1. The molecule has 214 valence electrons. The van der Waals surface area contributed by atoms with Gasteiger partial charge in [0.1, 0.15) is 11.5 Å². The number of nitro benzene ring substituents is 1. The lowest BCUT2D eigenvalue weighted by atomic mass is 9.95. The summed E-state index contributed by atoms with van der Waals surface area (Å²) in [5.74, 6) is 0.464. The van der Waals surface area contributed by atoms with E-state index in [-0.39, 0.29) is 17.2 Å². The molecule has 0 bridgehead atoms. The molecule has 43 heavy (non-hydrogen) atoms. The number of benzene rings is 3. The number of nitrogens with one attached hydrogen (secondary N) is 1. The Kier molecular flexibility index (Phi) is 7.39. The second-order valence-electron chi connectivity index (χ2n) is 9.91. The Hall–Kier alpha value is -5.06. The minimum absolute atomic E-state index is 0.0449. The van der Waals surface area contributed by atoms with Crippen molar-refractivity contribution >= 4 is 46.3 Å². The zero-order valence-corrected chi connectivity index (χ0v) is 24.5. The highest BCUT2D eigenvalue weighted by Crippen LogP contribution is 2.32. The van der Waals surface area contributed by atoms with E-state index >= 15 is 0 Å². The third-order valence-corrected chi connectivity index (χ3v) is 8.32. The maximum Gasteiger partial charge on any atom is 0.271 e. The SMILES string of the molecule is CC1=C(C(=O)Nc2ccccc2)C(c2ccc(Cl)cc2)n2c(s/c(=C\c3ccc(-c4cc([N+](=O)[O-])ccc4C)o3)c2=O)=N1. The van der Waals surface area contributed by atoms with Gasteiger partial charge in [-0.1, -0.05) is 59.3 Å². The number of halogens is 1. The van der Waals surface area contributed by atoms with Crippen LogP contribution in [0.5, 0.6) is 0 Å². The van der Waals surface area contributed by atoms with Gasteiger partial charge >= 0.3 is 0 Å². The molecule has 1 N–H and O–H groups in total. The molecular weight excluding hydrogens is 588 g/mol. The third-order valence-electron chi connectivity index (χ3n) is 7.08. The van der Waals surface area contributed by atoms with Crippen molar-refractivity contribution in [2.75, 3.05) is 5.32 Å². The molecule has 3 heterocycles. The number of anilines is 1. The molecule has 0 aliphatic carbocycles. The van der Waals surface area contributed by atoms with Crippen LogP contribution in [0.3, 0.4) is 0 Å². The van der Waals surface area contributed by atoms with Crippen molar-refractivity contribution in [2.24, 2.45) is 4.99 Å². The largest absolute Gasteiger partial charge is 0.457 e. The Morgan fingerprint density at radius 1 is 1.07 bits per heavy atom. The number of nitrogens with zero attached hydrogens (tertiary/aromatic N) is 3. The lowest BCUT2D eigenvalue weighted by Crippen LogP contribution is -2.40. The van der Waals surface area contributed by atoms with Crippen LogP contribution in [-0.4, -0.2) is 15.4 Å². The van der Waals surface area contributed by atoms with E-state index in [0.29, 0.717) is 54.0 Å². The zero-order chi connectivity index (χ0) is 30.2. The number of hydrogen-bond donors (Lipinski definition) is 1. The summed E-state index contributed by atoms with van der Waals surface area (Å²) in [6.07, 6.45) is 1.61. The third kappa shape index (κ3) is 5.45. The number of rotatable bonds is 6. The first kappa shape index (κ1) is 28.1. The van der Waals surface area contributed by atoms with E-state index in [2.05, 4.69) is 10.3 Å². The van der Waals surface area contributed by atoms with Crippen LogP contribution in [-0.2, 0) is 4.79 Å². The predicted molar refractivity (Wildman–Crippen MR) is 166 cm³/mol. The Labute approximate surface area is 253 Å². The van der Waals surface area contributed by atoms with Gasteiger partial charge in [-0.2, -0.15) is 0 Å². The molecule has 1 aliphatic heterocycles. The molecule has 0 fully saturated rings. The van der Waals surface area contributed by atoms with E-state index in [4.69, 9.17) is 16.0 Å². The Bertz CT molecular complexity index is 2110. The van der Waals surface area contributed by atoms with E-state index in [9.17, 15) is 19.7 Å². The van der Waals surface area contributed by atoms with E-state index < -0.39 is 11.0 Å². The number of aromatic nitrogens is 1. The fraction of sp³-hybridized carbons (Fsp3) is 0.0938. The molecule has 0 saturated carbocycles. The smallest absolute Gasteiger partial charge is 0.271 e. The van der Waals surface area contributed by atoms with Gasteiger partial charge in [0.05, 0.1) is 26.8 Å². The summed E-state index contributed by atoms with van der Waals surface area (Å²) < 4.78 is 7.88. The van der Waals surface area contributed by atoms with Crippen LogP contribution in [0.1, 0.15) is 29.9 Å². The average Bonchev–Trinajstić information content (AvgIpc) is 3.57. The number of allylic oxidation sites excluding steroid dienone is 1. The van der Waals surface area contributed by atoms with Crippen LogP contribution in [0.25, 0.3) is 17.4 Å². The molecule has 0 saturated heterocycles. The van der Waals surface area contributed by atoms with Gasteiger partial charge in [0.25, 0.3) is 17.2 Å². The number of carbonyl (C=O) groups excluding carboxylic acids is 1. The van der Waals surface area contributed by atoms with Crippen molar-refractivity contribution in [3.05, 3.63) is 148 Å². The van der Waals surface area contributed by atoms with Gasteiger partial charge < -0.3 is 9.73 Å². The number of fused-ring (bicyclic) bond motifs is 1. The van der Waals surface area contributed by atoms with Crippen molar-refractivity contribution in [3.8, 4) is 11.3 Å². The van der Waals surface area contributed by atoms with Crippen molar-refractivity contribution < 1.29 is 14.1 Å². The molecule has 3 aromatic carbocycles. The predicted octanol–water partition coefficient (Wildman–Crippen LogP) is 6.00. The molecule has 0 spiro atoms. The van der Waals surface area contributed by atoms with Gasteiger partial charge in [-0.25, -0.2) is 4.99 Å². The van der Waals surface area contributed by atoms with E-state index in [1.54, 1.807) is 67.6 Å². The summed E-state index contributed by atoms with van der Waals surface area (Å²) in [4.78, 5) is 43.5. The second kappa shape index (κ2) is 11.3. The molecule has 0 radical (unpaired) electrons. The summed E-state index contributed by atoms with van der Waals surface area (Å²) in [5, 5.41) is 14.7. The van der Waals surface area contributed by atoms with Gasteiger partial charge in [0.15, 0.2) is 4.80 Å². The summed E-state index contributed by atoms with van der Waals surface area (Å²) >= 11 is 7.35. The topological polar surface area (TPSA) is 120 Å². The number of thiazole rings is 1. The van der Waals surface area contributed by atoms with Gasteiger partial charge in [-0.05, 0) is 61.4 Å². The van der Waals surface area contributed by atoms with E-state index in [0.717, 1.165) is 5.56 Å². The van der Waals surface area contributed by atoms with Gasteiger partial charge in [-0.3, -0.25) is 24.3 Å². The Morgan fingerprint density at radius 3 is 2.53 bits per heavy atom. The standard InChI is InChI=1S/C32H23ClN4O5S/c1-18-8-13-23(37(40)41)16-25(18)26-15-14-24(42-26)17-27-31(39)36-29(20-9-11-21(33)12-10-20)28(19(2)34-32(36)43-27)30(38)35-22-6-4-3-5-7-22/h3-17,29H,1-2H3,(H,35,38)/b27-17-. The summed E-state index contributed by atoms with van der Waals surface area (Å²) in [6.45, 7) is 3.59. The quantitative estimate of drug-likeness (QED) is 0.187. The molecule has 5 aromatic rings. The molecule has 11 heteroatoms. The first-order valence-corrected chi connectivity index (χ1v) is 14.4. The van der Waals surface area contributed by atoms with Crippen molar-refractivity contribution in [1.29, 1.82) is 0 Å². The molecule has 9 nitrogen and oxygen atoms in total. The number of aryl methyl sites for hydroxylation is 1. The lowest BCUT2D eigenvalue weighted by molar-refractivity contribution is -0.384. The minimum atomic E-state index is -0.751. The lowest BCUT2D eigenvalue weighted by Gasteiger charge is -2.25. The van der Waals surface area contributed by atoms with Crippen LogP contribution in [0.4, 0.5) is 11.4 Å². The summed E-state index contributed by atoms with van der Waals surface area (Å²) in [7, 11) is 0. The number of para-hydroxylation sites is 1. The zero-order valence-electron chi connectivity index (χ0n) is 22.9. The molecule has 1 amide bonds. The Balaban J connectivity index is 1.44. The molecule has 1 unspecified atom stereocenters. The van der Waals surface area contributed by atoms with Crippen molar-refractivity contribution in [1.82, 2.24) is 4.57 Å². The molecule has 6 rings (SSSR count). The number of amides is 1. The highest BCUT2D eigenvalue weighted by molar-refractivity contribution is 7.07. The van der Waals surface area contributed by atoms with Crippen molar-refractivity contribution in [2.45, 2.75) is 19.9 Å². The first-order chi connectivity index (χ1) is 20.7. The van der Waals surface area contributed by atoms with Crippen molar-refractivity contribution in [3.63, 3.8) is 0 Å². The van der Waals surface area contributed by atoms with Crippen LogP contribution >= 0.6 is 22.9 Å². The maximum atomic E-state index is 13.9. The first-order valence-electron chi connectivity index (χ1n) is 13.2. The molecule has 1 atom stereocenters. The number of carbonyl (C=O) groups is 1. The maximum absolute atomic E-state index is 13.9. The van der Waals surface area contributed by atoms with Gasteiger partial charge in [0.2, 0.25) is 0 Å². The normalized spacial score (nSPS) is 14.8. The molecular formula is C32H23ClN4O5S. The average molecular weight is 611 g/mol. The fourth-order valence-corrected chi connectivity index (χ4v) is 6.14. The fourth-order valence-electron chi connectivity index (χ4n) is 4.99. The Morgan fingerprint density at radius 2 is 1.81 bits per heavy atom. The van der Waals surface area contributed by atoms with E-state index in [1.807, 2.05) is 25.1 Å². The summed E-state index contributed by atoms with van der Waals surface area (Å²) in [5.41, 5.74) is 3.16. The second-order valence-corrected chi connectivity index (χ2v) is 11.4. The monoisotopic (exact) mass is 610 g/mol. The number of nitro groups is 1. The van der Waals surface area contributed by atoms with Gasteiger partial charge in [0, 0.05) is 34.5 Å². The van der Waals surface area contributed by atoms with Crippen LogP contribution < -0.4 is 20.2 Å². The van der Waals surface area contributed by atoms with Crippen LogP contribution in [0, 0.1) is 17.0 Å².